The zero-order valence-electron chi connectivity index (χ0n) is 12.0. The molecule has 2 rings (SSSR count). The van der Waals surface area contributed by atoms with Crippen molar-refractivity contribution in [3.8, 4) is 0 Å². The lowest BCUT2D eigenvalue weighted by Crippen LogP contribution is -2.50. The number of rotatable bonds is 6. The fourth-order valence-electron chi connectivity index (χ4n) is 2.87. The fourth-order valence-corrected chi connectivity index (χ4v) is 2.87. The molecule has 1 saturated carbocycles. The SMILES string of the molecule is COC(=O)C(C)(O)CN(CC1CCCNC1)C1CC1. The smallest absolute Gasteiger partial charge is 0.338 e. The molecule has 0 bridgehead atoms. The molecule has 19 heavy (non-hydrogen) atoms. The number of piperidine rings is 1. The molecule has 0 aromatic rings. The summed E-state index contributed by atoms with van der Waals surface area (Å²) in [5, 5.41) is 13.6. The van der Waals surface area contributed by atoms with E-state index in [1.54, 1.807) is 6.92 Å². The van der Waals surface area contributed by atoms with Crippen LogP contribution < -0.4 is 5.32 Å². The fraction of sp³-hybridized carbons (Fsp3) is 0.929. The number of hydrogen-bond acceptors (Lipinski definition) is 5. The van der Waals surface area contributed by atoms with E-state index in [0.717, 1.165) is 19.6 Å². The Morgan fingerprint density at radius 2 is 2.21 bits per heavy atom. The van der Waals surface area contributed by atoms with Gasteiger partial charge in [-0.2, -0.15) is 0 Å². The Morgan fingerprint density at radius 3 is 2.74 bits per heavy atom. The first kappa shape index (κ1) is 14.8. The van der Waals surface area contributed by atoms with Gasteiger partial charge in [-0.25, -0.2) is 4.79 Å². The zero-order chi connectivity index (χ0) is 13.9. The maximum atomic E-state index is 11.6. The maximum Gasteiger partial charge on any atom is 0.338 e. The van der Waals surface area contributed by atoms with Gasteiger partial charge in [0.05, 0.1) is 7.11 Å². The maximum absolute atomic E-state index is 11.6. The van der Waals surface area contributed by atoms with Gasteiger partial charge in [-0.3, -0.25) is 4.90 Å². The number of esters is 1. The molecule has 0 spiro atoms. The highest BCUT2D eigenvalue weighted by molar-refractivity contribution is 5.78. The van der Waals surface area contributed by atoms with E-state index in [1.807, 2.05) is 0 Å². The van der Waals surface area contributed by atoms with E-state index in [4.69, 9.17) is 0 Å². The normalized spacial score (nSPS) is 27.1. The van der Waals surface area contributed by atoms with Crippen LogP contribution in [0, 0.1) is 5.92 Å². The molecule has 2 unspecified atom stereocenters. The molecule has 5 nitrogen and oxygen atoms in total. The van der Waals surface area contributed by atoms with Gasteiger partial charge in [0.15, 0.2) is 5.60 Å². The number of ether oxygens (including phenoxy) is 1. The van der Waals surface area contributed by atoms with Crippen LogP contribution in [-0.4, -0.2) is 60.9 Å². The molecule has 0 amide bonds. The Labute approximate surface area is 115 Å². The first-order chi connectivity index (χ1) is 9.03. The van der Waals surface area contributed by atoms with Gasteiger partial charge in [0, 0.05) is 19.1 Å². The molecular weight excluding hydrogens is 244 g/mol. The summed E-state index contributed by atoms with van der Waals surface area (Å²) in [5.41, 5.74) is -1.40. The van der Waals surface area contributed by atoms with E-state index in [9.17, 15) is 9.90 Å². The molecule has 1 saturated heterocycles. The molecule has 0 radical (unpaired) electrons. The second-order valence-corrected chi connectivity index (χ2v) is 6.14. The highest BCUT2D eigenvalue weighted by Gasteiger charge is 2.39. The van der Waals surface area contributed by atoms with Crippen molar-refractivity contribution >= 4 is 5.97 Å². The van der Waals surface area contributed by atoms with Crippen molar-refractivity contribution in [3.63, 3.8) is 0 Å². The van der Waals surface area contributed by atoms with E-state index in [0.29, 0.717) is 18.5 Å². The van der Waals surface area contributed by atoms with Crippen LogP contribution in [0.5, 0.6) is 0 Å². The van der Waals surface area contributed by atoms with Crippen LogP contribution in [0.15, 0.2) is 0 Å². The summed E-state index contributed by atoms with van der Waals surface area (Å²) >= 11 is 0. The van der Waals surface area contributed by atoms with Crippen molar-refractivity contribution < 1.29 is 14.6 Å². The number of carbonyl (C=O) groups excluding carboxylic acids is 1. The Balaban J connectivity index is 1.90. The van der Waals surface area contributed by atoms with Crippen LogP contribution in [0.25, 0.3) is 0 Å². The van der Waals surface area contributed by atoms with Crippen molar-refractivity contribution in [1.29, 1.82) is 0 Å². The van der Waals surface area contributed by atoms with Crippen LogP contribution >= 0.6 is 0 Å². The topological polar surface area (TPSA) is 61.8 Å². The molecule has 2 fully saturated rings. The standard InChI is InChI=1S/C14H26N2O3/c1-14(18,13(17)19-2)10-16(12-5-6-12)9-11-4-3-7-15-8-11/h11-12,15,18H,3-10H2,1-2H3. The van der Waals surface area contributed by atoms with Gasteiger partial charge < -0.3 is 15.2 Å². The molecule has 0 aromatic carbocycles. The number of methoxy groups -OCH3 is 1. The number of carbonyl (C=O) groups is 1. The summed E-state index contributed by atoms with van der Waals surface area (Å²) in [6, 6.07) is 0.540. The summed E-state index contributed by atoms with van der Waals surface area (Å²) < 4.78 is 4.68. The first-order valence-corrected chi connectivity index (χ1v) is 7.28. The van der Waals surface area contributed by atoms with Crippen molar-refractivity contribution in [1.82, 2.24) is 10.2 Å². The zero-order valence-corrected chi connectivity index (χ0v) is 12.0. The molecule has 1 aliphatic heterocycles. The third kappa shape index (κ3) is 4.16. The van der Waals surface area contributed by atoms with E-state index >= 15 is 0 Å². The average Bonchev–Trinajstić information content (AvgIpc) is 3.22. The largest absolute Gasteiger partial charge is 0.467 e. The van der Waals surface area contributed by atoms with Crippen LogP contribution in [0.2, 0.25) is 0 Å². The molecule has 2 aliphatic rings. The van der Waals surface area contributed by atoms with Crippen LogP contribution in [-0.2, 0) is 9.53 Å². The van der Waals surface area contributed by atoms with Crippen molar-refractivity contribution in [3.05, 3.63) is 0 Å². The minimum atomic E-state index is -1.40. The summed E-state index contributed by atoms with van der Waals surface area (Å²) in [5.74, 6) is 0.0858. The summed E-state index contributed by atoms with van der Waals surface area (Å²) in [6.07, 6.45) is 4.81. The molecule has 2 atom stereocenters. The van der Waals surface area contributed by atoms with Gasteiger partial charge >= 0.3 is 5.97 Å². The van der Waals surface area contributed by atoms with Crippen LogP contribution in [0.4, 0.5) is 0 Å². The summed E-state index contributed by atoms with van der Waals surface area (Å²) in [4.78, 5) is 13.9. The summed E-state index contributed by atoms with van der Waals surface area (Å²) in [6.45, 7) is 5.04. The molecule has 1 aliphatic carbocycles. The Morgan fingerprint density at radius 1 is 1.47 bits per heavy atom. The third-order valence-electron chi connectivity index (χ3n) is 4.09. The van der Waals surface area contributed by atoms with E-state index < -0.39 is 11.6 Å². The second-order valence-electron chi connectivity index (χ2n) is 6.14. The molecule has 1 heterocycles. The quantitative estimate of drug-likeness (QED) is 0.683. The van der Waals surface area contributed by atoms with Gasteiger partial charge in [0.2, 0.25) is 0 Å². The number of nitrogens with one attached hydrogen (secondary N) is 1. The Hall–Kier alpha value is -0.650. The second kappa shape index (κ2) is 6.20. The monoisotopic (exact) mass is 270 g/mol. The Bertz CT molecular complexity index is 310. The van der Waals surface area contributed by atoms with Gasteiger partial charge in [-0.1, -0.05) is 0 Å². The lowest BCUT2D eigenvalue weighted by Gasteiger charge is -2.34. The van der Waals surface area contributed by atoms with E-state index in [1.165, 1.54) is 32.8 Å². The van der Waals surface area contributed by atoms with Crippen molar-refractivity contribution in [2.45, 2.75) is 44.2 Å². The highest BCUT2D eigenvalue weighted by atomic mass is 16.5. The van der Waals surface area contributed by atoms with Gasteiger partial charge in [0.1, 0.15) is 0 Å². The predicted molar refractivity (Wildman–Crippen MR) is 72.8 cm³/mol. The van der Waals surface area contributed by atoms with E-state index in [-0.39, 0.29) is 0 Å². The number of aliphatic hydroxyl groups is 1. The summed E-state index contributed by atoms with van der Waals surface area (Å²) in [7, 11) is 1.32. The van der Waals surface area contributed by atoms with E-state index in [2.05, 4.69) is 15.0 Å². The van der Waals surface area contributed by atoms with Crippen LogP contribution in [0.3, 0.4) is 0 Å². The Kier molecular flexibility index (Phi) is 4.81. The highest BCUT2D eigenvalue weighted by Crippen LogP contribution is 2.30. The number of hydrogen-bond donors (Lipinski definition) is 2. The average molecular weight is 270 g/mol. The molecule has 2 N–H and O–H groups in total. The lowest BCUT2D eigenvalue weighted by atomic mass is 9.98. The van der Waals surface area contributed by atoms with Gasteiger partial charge in [0.25, 0.3) is 0 Å². The molecule has 110 valence electrons. The van der Waals surface area contributed by atoms with Crippen LogP contribution in [0.1, 0.15) is 32.6 Å². The predicted octanol–water partition coefficient (Wildman–Crippen LogP) is 0.374. The van der Waals surface area contributed by atoms with Gasteiger partial charge in [-0.05, 0) is 51.6 Å². The molecule has 5 heteroatoms. The van der Waals surface area contributed by atoms with Crippen molar-refractivity contribution in [2.75, 3.05) is 33.3 Å². The number of nitrogens with zero attached hydrogens (tertiary/aromatic N) is 1. The van der Waals surface area contributed by atoms with Crippen molar-refractivity contribution in [2.24, 2.45) is 5.92 Å². The minimum Gasteiger partial charge on any atom is -0.467 e. The molecular formula is C14H26N2O3. The first-order valence-electron chi connectivity index (χ1n) is 7.28. The third-order valence-corrected chi connectivity index (χ3v) is 4.09. The minimum absolute atomic E-state index is 0.376. The van der Waals surface area contributed by atoms with Gasteiger partial charge in [-0.15, -0.1) is 0 Å². The molecule has 0 aromatic heterocycles. The lowest BCUT2D eigenvalue weighted by molar-refractivity contribution is -0.162.